The average molecular weight is 812 g/mol. The van der Waals surface area contributed by atoms with Crippen LogP contribution in [0, 0.1) is 9.20 Å². The summed E-state index contributed by atoms with van der Waals surface area (Å²) in [6, 6.07) is 3.12. The zero-order chi connectivity index (χ0) is 38.5. The number of hydrogen-bond acceptors (Lipinski definition) is 17. The molecule has 1 saturated heterocycles. The first kappa shape index (κ1) is 37.3. The topological polar surface area (TPSA) is 281 Å². The number of rotatable bonds is 11. The van der Waals surface area contributed by atoms with E-state index < -0.39 is 80.6 Å². The fourth-order valence-corrected chi connectivity index (χ4v) is 9.32. The highest BCUT2D eigenvalue weighted by molar-refractivity contribution is 8.23. The van der Waals surface area contributed by atoms with E-state index in [0.717, 1.165) is 4.57 Å². The van der Waals surface area contributed by atoms with E-state index in [1.165, 1.54) is 19.1 Å². The van der Waals surface area contributed by atoms with Crippen LogP contribution in [0.3, 0.4) is 0 Å². The van der Waals surface area contributed by atoms with E-state index in [0.29, 0.717) is 49.3 Å². The second-order valence-corrected chi connectivity index (χ2v) is 15.7. The maximum atomic E-state index is 13.7. The number of nitrogens with zero attached hydrogens (tertiary/aromatic N) is 4. The minimum absolute atomic E-state index is 0.0311. The lowest BCUT2D eigenvalue weighted by atomic mass is 10.2. The molecule has 0 atom stereocenters. The van der Waals surface area contributed by atoms with Crippen LogP contribution in [0.4, 0.5) is 10.5 Å². The van der Waals surface area contributed by atoms with Crippen LogP contribution in [-0.4, -0.2) is 97.0 Å². The number of allylic oxidation sites excluding steroid dienone is 1. The number of thiazole rings is 2. The van der Waals surface area contributed by atoms with Crippen molar-refractivity contribution in [2.45, 2.75) is 26.4 Å². The molecular formula is C29H23N4O16S4-. The Balaban J connectivity index is 1.57. The van der Waals surface area contributed by atoms with E-state index in [-0.39, 0.29) is 67.1 Å². The van der Waals surface area contributed by atoms with Crippen LogP contribution in [0.5, 0.6) is 17.2 Å². The van der Waals surface area contributed by atoms with Gasteiger partial charge in [-0.3, -0.25) is 47.6 Å². The van der Waals surface area contributed by atoms with E-state index in [9.17, 15) is 56.7 Å². The van der Waals surface area contributed by atoms with Gasteiger partial charge in [-0.1, -0.05) is 0 Å². The smallest absolute Gasteiger partial charge is 0.323 e. The number of fused-ring (bicyclic) bond motifs is 2. The van der Waals surface area contributed by atoms with Gasteiger partial charge in [0.2, 0.25) is 12.7 Å². The summed E-state index contributed by atoms with van der Waals surface area (Å²) in [7, 11) is -4.56. The SMILES string of the molecule is CC(C=c1s/c(=c2/s/c(=C3/SC(=O)N(CC(=O)O)C3=O)n(CC(=O)O)c2=O)n(CC(=O)O)c1=O)=C1Oc2cc3c(cc2N1CCCS(=O)(=O)[O-])OCO3. The summed E-state index contributed by atoms with van der Waals surface area (Å²) >= 11 is 1.45. The number of anilines is 1. The Kier molecular flexibility index (Phi) is 9.99. The Hall–Kier alpha value is -5.43. The zero-order valence-corrected chi connectivity index (χ0v) is 30.0. The number of carbonyl (C=O) groups excluding carboxylic acids is 2. The molecule has 3 N–H and O–H groups in total. The predicted octanol–water partition coefficient (Wildman–Crippen LogP) is -0.948. The Bertz CT molecular complexity index is 2640. The minimum atomic E-state index is -4.56. The van der Waals surface area contributed by atoms with Crippen LogP contribution in [-0.2, 0) is 42.4 Å². The number of benzene rings is 1. The lowest BCUT2D eigenvalue weighted by Crippen LogP contribution is -2.35. The Labute approximate surface area is 306 Å². The highest BCUT2D eigenvalue weighted by Crippen LogP contribution is 2.48. The molecule has 3 aromatic rings. The van der Waals surface area contributed by atoms with E-state index in [1.807, 2.05) is 0 Å². The van der Waals surface area contributed by atoms with Crippen LogP contribution < -0.4 is 39.4 Å². The van der Waals surface area contributed by atoms with Crippen molar-refractivity contribution >= 4 is 90.3 Å². The highest BCUT2D eigenvalue weighted by Gasteiger charge is 2.38. The molecule has 1 aromatic carbocycles. The molecule has 0 saturated carbocycles. The number of carboxylic acids is 3. The summed E-state index contributed by atoms with van der Waals surface area (Å²) in [6.45, 7) is -1.50. The molecule has 53 heavy (non-hydrogen) atoms. The van der Waals surface area contributed by atoms with Crippen molar-refractivity contribution in [3.8, 4) is 17.2 Å². The third-order valence-electron chi connectivity index (χ3n) is 7.57. The largest absolute Gasteiger partial charge is 0.748 e. The fraction of sp³-hybridized carbons (Fsp3) is 0.276. The van der Waals surface area contributed by atoms with Gasteiger partial charge in [-0.25, -0.2) is 8.42 Å². The summed E-state index contributed by atoms with van der Waals surface area (Å²) < 4.78 is 51.3. The molecule has 1 fully saturated rings. The normalized spacial score (nSPS) is 18.1. The van der Waals surface area contributed by atoms with Gasteiger partial charge in [0.15, 0.2) is 17.2 Å². The van der Waals surface area contributed by atoms with Crippen molar-refractivity contribution < 1.29 is 66.5 Å². The number of ether oxygens (including phenoxy) is 3. The first-order valence-electron chi connectivity index (χ1n) is 14.9. The molecule has 0 unspecified atom stereocenters. The van der Waals surface area contributed by atoms with Crippen LogP contribution in [0.15, 0.2) is 33.2 Å². The second-order valence-electron chi connectivity index (χ2n) is 11.2. The predicted molar refractivity (Wildman–Crippen MR) is 182 cm³/mol. The second kappa shape index (κ2) is 14.2. The van der Waals surface area contributed by atoms with Gasteiger partial charge in [0.1, 0.15) is 38.4 Å². The van der Waals surface area contributed by atoms with Gasteiger partial charge in [0, 0.05) is 30.0 Å². The number of carboxylic acid groups (broad SMARTS) is 3. The maximum Gasteiger partial charge on any atom is 0.323 e. The lowest BCUT2D eigenvalue weighted by molar-refractivity contribution is -0.140. The molecule has 3 aliphatic rings. The van der Waals surface area contributed by atoms with Crippen LogP contribution in [0.1, 0.15) is 13.3 Å². The minimum Gasteiger partial charge on any atom is -0.748 e. The molecule has 2 amide bonds. The van der Waals surface area contributed by atoms with Gasteiger partial charge in [-0.15, -0.1) is 22.7 Å². The van der Waals surface area contributed by atoms with Crippen molar-refractivity contribution in [1.82, 2.24) is 14.0 Å². The summed E-state index contributed by atoms with van der Waals surface area (Å²) in [6.07, 6.45) is 1.21. The third-order valence-corrected chi connectivity index (χ3v) is 11.9. The monoisotopic (exact) mass is 811 g/mol. The molecule has 20 nitrogen and oxygen atoms in total. The molecule has 0 radical (unpaired) electrons. The Morgan fingerprint density at radius 2 is 1.49 bits per heavy atom. The maximum absolute atomic E-state index is 13.7. The van der Waals surface area contributed by atoms with Gasteiger partial charge in [0.05, 0.1) is 20.3 Å². The zero-order valence-electron chi connectivity index (χ0n) is 26.8. The number of aliphatic carboxylic acids is 3. The Morgan fingerprint density at radius 3 is 2.11 bits per heavy atom. The first-order chi connectivity index (χ1) is 24.9. The van der Waals surface area contributed by atoms with Crippen molar-refractivity contribution in [1.29, 1.82) is 0 Å². The Morgan fingerprint density at radius 1 is 0.868 bits per heavy atom. The summed E-state index contributed by atoms with van der Waals surface area (Å²) in [4.78, 5) is 89.4. The molecule has 0 aliphatic carbocycles. The number of hydrogen-bond donors (Lipinski definition) is 3. The molecule has 6 rings (SSSR count). The van der Waals surface area contributed by atoms with Gasteiger partial charge in [-0.2, -0.15) is 0 Å². The molecule has 280 valence electrons. The van der Waals surface area contributed by atoms with E-state index >= 15 is 0 Å². The van der Waals surface area contributed by atoms with Crippen LogP contribution in [0.25, 0.3) is 11.0 Å². The molecule has 0 spiro atoms. The van der Waals surface area contributed by atoms with E-state index in [2.05, 4.69) is 0 Å². The van der Waals surface area contributed by atoms with Gasteiger partial charge < -0.3 is 39.0 Å². The van der Waals surface area contributed by atoms with Gasteiger partial charge in [-0.05, 0) is 31.2 Å². The standard InChI is InChI=1S/C29H24N4O16S4/c1-12(26-30(3-2-4-53(44,45)46)13-6-15-16(48-11-47-15)7-14(13)49-26)5-17-23(40)31(8-18(34)35)27(50-17)21-24(41)32(9-19(36)37)28(51-21)22-25(42)33(10-20(38)39)29(43)52-22/h5-7H,2-4,8-11H2,1H3,(H,34,35)(H,36,37)(H,38,39)(H,44,45,46)/p-1/b17-5?,26-12?,27-21+,28-22+. The van der Waals surface area contributed by atoms with Crippen molar-refractivity contribution in [2.75, 3.05) is 30.5 Å². The number of carbonyl (C=O) groups is 5. The molecular weight excluding hydrogens is 789 g/mol. The number of amides is 2. The van der Waals surface area contributed by atoms with Crippen LogP contribution >= 0.6 is 34.4 Å². The van der Waals surface area contributed by atoms with Crippen LogP contribution in [0.2, 0.25) is 0 Å². The number of aromatic nitrogens is 2. The summed E-state index contributed by atoms with van der Waals surface area (Å²) in [5, 5.41) is 27.4. The quantitative estimate of drug-likeness (QED) is 0.197. The molecule has 5 heterocycles. The summed E-state index contributed by atoms with van der Waals surface area (Å²) in [5.74, 6) is -5.17. The molecule has 0 bridgehead atoms. The van der Waals surface area contributed by atoms with Gasteiger partial charge in [0.25, 0.3) is 22.3 Å². The first-order valence-corrected chi connectivity index (χ1v) is 18.9. The van der Waals surface area contributed by atoms with Crippen molar-refractivity contribution in [2.24, 2.45) is 0 Å². The summed E-state index contributed by atoms with van der Waals surface area (Å²) in [5.41, 5.74) is -1.23. The number of imide groups is 1. The average Bonchev–Trinajstić information content (AvgIpc) is 3.86. The van der Waals surface area contributed by atoms with E-state index in [1.54, 1.807) is 11.0 Å². The fourth-order valence-electron chi connectivity index (χ4n) is 5.41. The molecule has 2 aromatic heterocycles. The van der Waals surface area contributed by atoms with E-state index in [4.69, 9.17) is 19.3 Å². The molecule has 3 aliphatic heterocycles. The van der Waals surface area contributed by atoms with Crippen molar-refractivity contribution in [3.63, 3.8) is 0 Å². The molecule has 24 heteroatoms. The highest BCUT2D eigenvalue weighted by atomic mass is 32.2. The van der Waals surface area contributed by atoms with Crippen molar-refractivity contribution in [3.05, 3.63) is 62.7 Å². The third kappa shape index (κ3) is 7.43. The number of thioether (sulfide) groups is 1. The van der Waals surface area contributed by atoms with Gasteiger partial charge >= 0.3 is 17.9 Å². The lowest BCUT2D eigenvalue weighted by Gasteiger charge is -2.20.